The number of benzene rings is 1. The highest BCUT2D eigenvalue weighted by molar-refractivity contribution is 7.87. The molecular weight excluding hydrogens is 413 g/mol. The van der Waals surface area contributed by atoms with Gasteiger partial charge in [-0.05, 0) is 12.0 Å². The fourth-order valence-electron chi connectivity index (χ4n) is 2.53. The van der Waals surface area contributed by atoms with Gasteiger partial charge in [0.1, 0.15) is 17.3 Å². The topological polar surface area (TPSA) is 125 Å². The number of aromatic nitrogens is 2. The van der Waals surface area contributed by atoms with Gasteiger partial charge in [-0.3, -0.25) is 0 Å². The van der Waals surface area contributed by atoms with E-state index in [1.54, 1.807) is 7.05 Å². The molecule has 0 aliphatic rings. The molecule has 5 N–H and O–H groups in total. The molecule has 0 fully saturated rings. The molecule has 148 valence electrons. The van der Waals surface area contributed by atoms with E-state index in [1.807, 2.05) is 13.8 Å². The fraction of sp³-hybridized carbons (Fsp3) is 0.312. The average molecular weight is 434 g/mol. The van der Waals surface area contributed by atoms with E-state index in [0.29, 0.717) is 11.4 Å². The molecule has 2 rings (SSSR count). The lowest BCUT2D eigenvalue weighted by Crippen LogP contribution is -2.22. The lowest BCUT2D eigenvalue weighted by Gasteiger charge is -2.12. The molecule has 1 heterocycles. The van der Waals surface area contributed by atoms with E-state index in [-0.39, 0.29) is 38.4 Å². The van der Waals surface area contributed by atoms with Gasteiger partial charge in [0.2, 0.25) is 0 Å². The van der Waals surface area contributed by atoms with Crippen LogP contribution >= 0.6 is 23.2 Å². The largest absolute Gasteiger partial charge is 0.384 e. The molecule has 0 spiro atoms. The van der Waals surface area contributed by atoms with E-state index >= 15 is 0 Å². The monoisotopic (exact) mass is 433 g/mol. The van der Waals surface area contributed by atoms with E-state index in [9.17, 15) is 8.42 Å². The first-order valence-electron chi connectivity index (χ1n) is 7.88. The second-order valence-corrected chi connectivity index (χ2v) is 8.40. The maximum Gasteiger partial charge on any atom is 0.357 e. The van der Waals surface area contributed by atoms with E-state index in [1.165, 1.54) is 29.8 Å². The van der Waals surface area contributed by atoms with Crippen LogP contribution in [0, 0.1) is 0 Å². The zero-order valence-corrected chi connectivity index (χ0v) is 17.6. The van der Waals surface area contributed by atoms with E-state index < -0.39 is 10.1 Å². The number of halogens is 2. The van der Waals surface area contributed by atoms with E-state index in [4.69, 9.17) is 38.9 Å². The molecule has 0 saturated heterocycles. The lowest BCUT2D eigenvalue weighted by atomic mass is 10.1. The van der Waals surface area contributed by atoms with Gasteiger partial charge in [-0.25, -0.2) is 4.98 Å². The smallest absolute Gasteiger partial charge is 0.357 e. The number of nitrogens with two attached hydrogens (primary N) is 2. The molecule has 0 aliphatic heterocycles. The number of nitrogens with zero attached hydrogens (tertiary/aromatic N) is 2. The molecule has 11 heteroatoms. The molecule has 27 heavy (non-hydrogen) atoms. The molecule has 2 aromatic rings. The van der Waals surface area contributed by atoms with Gasteiger partial charge in [0.15, 0.2) is 10.9 Å². The summed E-state index contributed by atoms with van der Waals surface area (Å²) < 4.78 is 32.6. The molecule has 8 nitrogen and oxygen atoms in total. The van der Waals surface area contributed by atoms with E-state index in [2.05, 4.69) is 10.3 Å². The van der Waals surface area contributed by atoms with Crippen molar-refractivity contribution >= 4 is 39.0 Å². The van der Waals surface area contributed by atoms with Crippen molar-refractivity contribution in [2.45, 2.75) is 24.8 Å². The Balaban J connectivity index is 2.65. The molecule has 1 aromatic carbocycles. The van der Waals surface area contributed by atoms with Crippen LogP contribution in [-0.2, 0) is 17.2 Å². The number of hydrogen-bond acceptors (Lipinski definition) is 7. The highest BCUT2D eigenvalue weighted by Gasteiger charge is 2.31. The second kappa shape index (κ2) is 7.87. The summed E-state index contributed by atoms with van der Waals surface area (Å²) in [6.07, 6.45) is 0. The first-order chi connectivity index (χ1) is 12.5. The Bertz CT molecular complexity index is 975. The standard InChI is InChI=1S/C16H21Cl2N5O3S/c1-8(2)12-16(23(4)15(22-12)13(21-3)14(19)20)27(24,25)26-11-6-9(17)5-10(18)7-11/h5-8,21H,19-20H2,1-4H3. The van der Waals surface area contributed by atoms with E-state index in [0.717, 1.165) is 0 Å². The summed E-state index contributed by atoms with van der Waals surface area (Å²) in [6, 6.07) is 4.18. The molecular formula is C16H21Cl2N5O3S. The molecule has 0 amide bonds. The van der Waals surface area contributed by atoms with Crippen molar-refractivity contribution in [3.63, 3.8) is 0 Å². The number of rotatable bonds is 6. The van der Waals surface area contributed by atoms with Crippen molar-refractivity contribution in [3.8, 4) is 5.75 Å². The van der Waals surface area contributed by atoms with Crippen LogP contribution in [0.5, 0.6) is 5.75 Å². The summed E-state index contributed by atoms with van der Waals surface area (Å²) in [7, 11) is -1.10. The maximum absolute atomic E-state index is 13.0. The van der Waals surface area contributed by atoms with Crippen LogP contribution in [0.1, 0.15) is 31.3 Å². The second-order valence-electron chi connectivity index (χ2n) is 6.06. The minimum absolute atomic E-state index is 0.00678. The quantitative estimate of drug-likeness (QED) is 0.596. The summed E-state index contributed by atoms with van der Waals surface area (Å²) in [5, 5.41) is 3.21. The Hall–Kier alpha value is -2.10. The Morgan fingerprint density at radius 2 is 1.78 bits per heavy atom. The van der Waals surface area contributed by atoms with Gasteiger partial charge in [-0.2, -0.15) is 8.42 Å². The predicted octanol–water partition coefficient (Wildman–Crippen LogP) is 2.38. The minimum atomic E-state index is -4.25. The van der Waals surface area contributed by atoms with Crippen LogP contribution in [0.4, 0.5) is 0 Å². The van der Waals surface area contributed by atoms with Crippen molar-refractivity contribution in [3.05, 3.63) is 45.6 Å². The minimum Gasteiger partial charge on any atom is -0.384 e. The van der Waals surface area contributed by atoms with Gasteiger partial charge in [0.05, 0.1) is 5.69 Å². The van der Waals surface area contributed by atoms with Gasteiger partial charge in [-0.15, -0.1) is 0 Å². The Kier molecular flexibility index (Phi) is 6.18. The van der Waals surface area contributed by atoms with Gasteiger partial charge < -0.3 is 25.5 Å². The molecule has 0 atom stereocenters. The molecule has 1 aromatic heterocycles. The van der Waals surface area contributed by atoms with Gasteiger partial charge in [0, 0.05) is 36.3 Å². The molecule has 0 aliphatic carbocycles. The van der Waals surface area contributed by atoms with Crippen molar-refractivity contribution in [2.75, 3.05) is 7.05 Å². The van der Waals surface area contributed by atoms with Crippen LogP contribution in [0.15, 0.2) is 29.0 Å². The summed E-state index contributed by atoms with van der Waals surface area (Å²) in [4.78, 5) is 4.42. The van der Waals surface area contributed by atoms with Gasteiger partial charge in [0.25, 0.3) is 0 Å². The van der Waals surface area contributed by atoms with Gasteiger partial charge in [-0.1, -0.05) is 37.0 Å². The lowest BCUT2D eigenvalue weighted by molar-refractivity contribution is 0.475. The summed E-state index contributed by atoms with van der Waals surface area (Å²) in [5.74, 6) is 0.0333. The Morgan fingerprint density at radius 1 is 1.22 bits per heavy atom. The normalized spacial score (nSPS) is 11.5. The zero-order chi connectivity index (χ0) is 20.5. The Labute approximate surface area is 168 Å². The fourth-order valence-corrected chi connectivity index (χ4v) is 4.42. The number of imidazole rings is 1. The maximum atomic E-state index is 13.0. The van der Waals surface area contributed by atoms with Crippen LogP contribution in [0.3, 0.4) is 0 Å². The Morgan fingerprint density at radius 3 is 2.22 bits per heavy atom. The van der Waals surface area contributed by atoms with Crippen LogP contribution in [0.2, 0.25) is 10.0 Å². The predicted molar refractivity (Wildman–Crippen MR) is 106 cm³/mol. The average Bonchev–Trinajstić information content (AvgIpc) is 2.84. The SMILES string of the molecule is CNC(=C(N)N)c1nc(C(C)C)c(S(=O)(=O)Oc2cc(Cl)cc(Cl)c2)n1C. The molecule has 0 radical (unpaired) electrons. The molecule has 0 saturated carbocycles. The summed E-state index contributed by atoms with van der Waals surface area (Å²) in [5.41, 5.74) is 12.0. The van der Waals surface area contributed by atoms with Crippen molar-refractivity contribution in [1.29, 1.82) is 0 Å². The summed E-state index contributed by atoms with van der Waals surface area (Å²) in [6.45, 7) is 3.63. The highest BCUT2D eigenvalue weighted by atomic mass is 35.5. The number of nitrogens with one attached hydrogen (secondary N) is 1. The van der Waals surface area contributed by atoms with Crippen molar-refractivity contribution < 1.29 is 12.6 Å². The van der Waals surface area contributed by atoms with Crippen LogP contribution in [-0.4, -0.2) is 25.0 Å². The van der Waals surface area contributed by atoms with Crippen LogP contribution < -0.4 is 21.0 Å². The summed E-state index contributed by atoms with van der Waals surface area (Å²) >= 11 is 11.8. The van der Waals surface area contributed by atoms with Crippen molar-refractivity contribution in [1.82, 2.24) is 14.9 Å². The third-order valence-corrected chi connectivity index (χ3v) is 5.46. The van der Waals surface area contributed by atoms with Crippen molar-refractivity contribution in [2.24, 2.45) is 18.5 Å². The number of hydrogen-bond donors (Lipinski definition) is 3. The molecule has 0 unspecified atom stereocenters. The molecule has 0 bridgehead atoms. The van der Waals surface area contributed by atoms with Crippen LogP contribution in [0.25, 0.3) is 5.70 Å². The first kappa shape index (κ1) is 21.2. The third kappa shape index (κ3) is 4.42. The zero-order valence-electron chi connectivity index (χ0n) is 15.2. The van der Waals surface area contributed by atoms with Gasteiger partial charge >= 0.3 is 10.1 Å². The third-order valence-electron chi connectivity index (χ3n) is 3.66. The highest BCUT2D eigenvalue weighted by Crippen LogP contribution is 2.31. The first-order valence-corrected chi connectivity index (χ1v) is 10.0.